The van der Waals surface area contributed by atoms with Gasteiger partial charge in [-0.2, -0.15) is 0 Å². The highest BCUT2D eigenvalue weighted by Crippen LogP contribution is 2.16. The van der Waals surface area contributed by atoms with Crippen LogP contribution in [0.5, 0.6) is 0 Å². The zero-order valence-corrected chi connectivity index (χ0v) is 12.3. The van der Waals surface area contributed by atoms with Gasteiger partial charge in [-0.15, -0.1) is 0 Å². The number of carbonyl (C=O) groups excluding carboxylic acids is 1. The SMILES string of the molecule is Cc1cc(CNC(=O)Nc2ccc([S@@](C)=O)c(F)c2)no1. The third-order valence-electron chi connectivity index (χ3n) is 2.61. The van der Waals surface area contributed by atoms with E-state index in [1.807, 2.05) is 0 Å². The van der Waals surface area contributed by atoms with Crippen LogP contribution in [0.25, 0.3) is 0 Å². The summed E-state index contributed by atoms with van der Waals surface area (Å²) in [5.41, 5.74) is 0.862. The van der Waals surface area contributed by atoms with Gasteiger partial charge in [-0.25, -0.2) is 9.18 Å². The minimum absolute atomic E-state index is 0.0963. The van der Waals surface area contributed by atoms with Gasteiger partial charge in [-0.05, 0) is 25.1 Å². The first-order chi connectivity index (χ1) is 9.95. The number of nitrogens with one attached hydrogen (secondary N) is 2. The number of halogens is 1. The summed E-state index contributed by atoms with van der Waals surface area (Å²) in [4.78, 5) is 11.8. The van der Waals surface area contributed by atoms with Gasteiger partial charge in [0.05, 0.1) is 22.2 Å². The van der Waals surface area contributed by atoms with Crippen LogP contribution < -0.4 is 10.6 Å². The minimum atomic E-state index is -1.41. The molecule has 1 aromatic carbocycles. The Balaban J connectivity index is 1.93. The molecule has 0 aliphatic heterocycles. The van der Waals surface area contributed by atoms with Crippen molar-refractivity contribution in [2.75, 3.05) is 11.6 Å². The fraction of sp³-hybridized carbons (Fsp3) is 0.231. The van der Waals surface area contributed by atoms with Gasteiger partial charge in [0.2, 0.25) is 0 Å². The molecule has 2 amide bonds. The number of aryl methyl sites for hydroxylation is 1. The first-order valence-electron chi connectivity index (χ1n) is 6.05. The van der Waals surface area contributed by atoms with Crippen molar-refractivity contribution in [1.82, 2.24) is 10.5 Å². The molecule has 0 bridgehead atoms. The van der Waals surface area contributed by atoms with Crippen molar-refractivity contribution in [3.05, 3.63) is 41.5 Å². The van der Waals surface area contributed by atoms with Gasteiger partial charge >= 0.3 is 6.03 Å². The van der Waals surface area contributed by atoms with E-state index in [4.69, 9.17) is 4.52 Å². The summed E-state index contributed by atoms with van der Waals surface area (Å²) in [6.07, 6.45) is 1.39. The van der Waals surface area contributed by atoms with Crippen LogP contribution in [0.15, 0.2) is 33.7 Å². The number of benzene rings is 1. The molecule has 0 saturated carbocycles. The fourth-order valence-corrected chi connectivity index (χ4v) is 2.25. The van der Waals surface area contributed by atoms with Crippen molar-refractivity contribution < 1.29 is 17.9 Å². The lowest BCUT2D eigenvalue weighted by molar-refractivity contribution is 0.251. The van der Waals surface area contributed by atoms with Crippen molar-refractivity contribution in [1.29, 1.82) is 0 Å². The molecule has 0 radical (unpaired) electrons. The van der Waals surface area contributed by atoms with Crippen LogP contribution in [0.2, 0.25) is 0 Å². The molecule has 0 unspecified atom stereocenters. The van der Waals surface area contributed by atoms with Crippen molar-refractivity contribution >= 4 is 22.5 Å². The molecule has 112 valence electrons. The van der Waals surface area contributed by atoms with Crippen LogP contribution in [-0.2, 0) is 17.3 Å². The van der Waals surface area contributed by atoms with E-state index in [1.165, 1.54) is 18.4 Å². The molecule has 2 N–H and O–H groups in total. The molecular formula is C13H14FN3O3S. The second kappa shape index (κ2) is 6.49. The molecule has 2 rings (SSSR count). The second-order valence-corrected chi connectivity index (χ2v) is 5.68. The fourth-order valence-electron chi connectivity index (χ4n) is 1.66. The van der Waals surface area contributed by atoms with Crippen LogP contribution in [0.1, 0.15) is 11.5 Å². The highest BCUT2D eigenvalue weighted by atomic mass is 32.2. The van der Waals surface area contributed by atoms with Crippen LogP contribution in [0.4, 0.5) is 14.9 Å². The Labute approximate surface area is 123 Å². The monoisotopic (exact) mass is 311 g/mol. The zero-order valence-electron chi connectivity index (χ0n) is 11.5. The van der Waals surface area contributed by atoms with Crippen molar-refractivity contribution in [3.63, 3.8) is 0 Å². The third-order valence-corrected chi connectivity index (χ3v) is 3.56. The molecular weight excluding hydrogens is 297 g/mol. The molecule has 0 aliphatic rings. The highest BCUT2D eigenvalue weighted by Gasteiger charge is 2.09. The molecule has 0 fully saturated rings. The summed E-state index contributed by atoms with van der Waals surface area (Å²) in [5, 5.41) is 8.77. The van der Waals surface area contributed by atoms with E-state index >= 15 is 0 Å². The summed E-state index contributed by atoms with van der Waals surface area (Å²) >= 11 is 0. The van der Waals surface area contributed by atoms with Gasteiger partial charge in [0, 0.05) is 18.0 Å². The number of hydrogen-bond acceptors (Lipinski definition) is 4. The number of hydrogen-bond donors (Lipinski definition) is 2. The summed E-state index contributed by atoms with van der Waals surface area (Å²) in [6.45, 7) is 1.95. The standard InChI is InChI=1S/C13H14FN3O3S/c1-8-5-10(17-20-8)7-15-13(18)16-9-3-4-12(21(2)19)11(14)6-9/h3-6H,7H2,1-2H3,(H2,15,16,18)/t21-/m1/s1. The summed E-state index contributed by atoms with van der Waals surface area (Å²) < 4.78 is 29.7. The Morgan fingerprint density at radius 2 is 2.19 bits per heavy atom. The molecule has 21 heavy (non-hydrogen) atoms. The van der Waals surface area contributed by atoms with Crippen molar-refractivity contribution in [2.24, 2.45) is 0 Å². The van der Waals surface area contributed by atoms with Gasteiger partial charge in [0.1, 0.15) is 17.3 Å². The smallest absolute Gasteiger partial charge is 0.319 e. The Hall–Kier alpha value is -2.22. The lowest BCUT2D eigenvalue weighted by Gasteiger charge is -2.07. The van der Waals surface area contributed by atoms with Crippen LogP contribution in [0, 0.1) is 12.7 Å². The number of rotatable bonds is 4. The predicted molar refractivity (Wildman–Crippen MR) is 75.8 cm³/mol. The predicted octanol–water partition coefficient (Wildman–Crippen LogP) is 2.18. The molecule has 0 spiro atoms. The maximum Gasteiger partial charge on any atom is 0.319 e. The molecule has 0 saturated heterocycles. The van der Waals surface area contributed by atoms with E-state index < -0.39 is 22.6 Å². The van der Waals surface area contributed by atoms with Gasteiger partial charge in [0.25, 0.3) is 0 Å². The second-order valence-electron chi connectivity index (χ2n) is 4.34. The Bertz CT molecular complexity index is 687. The van der Waals surface area contributed by atoms with Crippen molar-refractivity contribution in [3.8, 4) is 0 Å². The maximum absolute atomic E-state index is 13.6. The largest absolute Gasteiger partial charge is 0.361 e. The van der Waals surface area contributed by atoms with Crippen LogP contribution in [-0.4, -0.2) is 21.7 Å². The number of urea groups is 1. The average Bonchev–Trinajstić information content (AvgIpc) is 2.82. The summed E-state index contributed by atoms with van der Waals surface area (Å²) in [5.74, 6) is 0.0261. The topological polar surface area (TPSA) is 84.2 Å². The molecule has 1 heterocycles. The van der Waals surface area contributed by atoms with Crippen molar-refractivity contribution in [2.45, 2.75) is 18.4 Å². The molecule has 2 aromatic rings. The van der Waals surface area contributed by atoms with Gasteiger partial charge in [-0.3, -0.25) is 4.21 Å². The Morgan fingerprint density at radius 3 is 2.76 bits per heavy atom. The van der Waals surface area contributed by atoms with E-state index in [0.717, 1.165) is 6.07 Å². The van der Waals surface area contributed by atoms with Crippen LogP contribution >= 0.6 is 0 Å². The zero-order chi connectivity index (χ0) is 15.4. The minimum Gasteiger partial charge on any atom is -0.361 e. The van der Waals surface area contributed by atoms with Gasteiger partial charge in [-0.1, -0.05) is 5.16 Å². The van der Waals surface area contributed by atoms with E-state index in [0.29, 0.717) is 11.5 Å². The molecule has 1 aromatic heterocycles. The molecule has 1 atom stereocenters. The van der Waals surface area contributed by atoms with E-state index in [9.17, 15) is 13.4 Å². The lowest BCUT2D eigenvalue weighted by Crippen LogP contribution is -2.28. The lowest BCUT2D eigenvalue weighted by atomic mass is 10.3. The summed E-state index contributed by atoms with van der Waals surface area (Å²) in [6, 6.07) is 5.18. The third kappa shape index (κ3) is 4.12. The number of aromatic nitrogens is 1. The first-order valence-corrected chi connectivity index (χ1v) is 7.61. The summed E-state index contributed by atoms with van der Waals surface area (Å²) in [7, 11) is -1.41. The highest BCUT2D eigenvalue weighted by molar-refractivity contribution is 7.84. The Morgan fingerprint density at radius 1 is 1.43 bits per heavy atom. The van der Waals surface area contributed by atoms with E-state index in [1.54, 1.807) is 13.0 Å². The maximum atomic E-state index is 13.6. The number of anilines is 1. The normalized spacial score (nSPS) is 12.0. The number of amides is 2. The number of carbonyl (C=O) groups is 1. The Kier molecular flexibility index (Phi) is 4.69. The number of nitrogens with zero attached hydrogens (tertiary/aromatic N) is 1. The first kappa shape index (κ1) is 15.2. The molecule has 0 aliphatic carbocycles. The van der Waals surface area contributed by atoms with Gasteiger partial charge < -0.3 is 15.2 Å². The van der Waals surface area contributed by atoms with E-state index in [-0.39, 0.29) is 17.1 Å². The van der Waals surface area contributed by atoms with Gasteiger partial charge in [0.15, 0.2) is 0 Å². The van der Waals surface area contributed by atoms with E-state index in [2.05, 4.69) is 15.8 Å². The quantitative estimate of drug-likeness (QED) is 0.906. The molecule has 6 nitrogen and oxygen atoms in total. The van der Waals surface area contributed by atoms with Crippen LogP contribution in [0.3, 0.4) is 0 Å². The molecule has 8 heteroatoms. The average molecular weight is 311 g/mol.